The second-order valence-electron chi connectivity index (χ2n) is 6.44. The van der Waals surface area contributed by atoms with E-state index >= 15 is 0 Å². The molecule has 0 spiro atoms. The molecule has 1 amide bonds. The molecule has 2 unspecified atom stereocenters. The van der Waals surface area contributed by atoms with Crippen LogP contribution in [0.4, 0.5) is 0 Å². The number of amides is 1. The molecular formula is C17H23Cl2N3O3. The Morgan fingerprint density at radius 3 is 2.88 bits per heavy atom. The van der Waals surface area contributed by atoms with Gasteiger partial charge in [-0.1, -0.05) is 0 Å². The monoisotopic (exact) mass is 387 g/mol. The number of likely N-dealkylation sites (tertiary alicyclic amines) is 1. The van der Waals surface area contributed by atoms with E-state index in [4.69, 9.17) is 8.83 Å². The Morgan fingerprint density at radius 1 is 1.32 bits per heavy atom. The highest BCUT2D eigenvalue weighted by atomic mass is 35.5. The molecule has 138 valence electrons. The molecule has 2 atom stereocenters. The van der Waals surface area contributed by atoms with Gasteiger partial charge in [0.05, 0.1) is 18.4 Å². The number of aryl methyl sites for hydroxylation is 1. The van der Waals surface area contributed by atoms with Gasteiger partial charge in [-0.2, -0.15) is 0 Å². The van der Waals surface area contributed by atoms with E-state index in [-0.39, 0.29) is 37.1 Å². The van der Waals surface area contributed by atoms with Crippen molar-refractivity contribution in [3.8, 4) is 11.7 Å². The van der Waals surface area contributed by atoms with Crippen molar-refractivity contribution in [2.45, 2.75) is 44.7 Å². The first-order chi connectivity index (χ1) is 11.2. The van der Waals surface area contributed by atoms with Crippen molar-refractivity contribution in [1.29, 1.82) is 0 Å². The topological polar surface area (TPSA) is 71.5 Å². The quantitative estimate of drug-likeness (QED) is 0.876. The van der Waals surface area contributed by atoms with Gasteiger partial charge >= 0.3 is 0 Å². The molecule has 2 aliphatic rings. The number of halogens is 2. The molecular weight excluding hydrogens is 365 g/mol. The van der Waals surface area contributed by atoms with Crippen LogP contribution in [0.5, 0.6) is 0 Å². The molecule has 0 aliphatic carbocycles. The van der Waals surface area contributed by atoms with Crippen molar-refractivity contribution < 1.29 is 13.6 Å². The van der Waals surface area contributed by atoms with Crippen LogP contribution >= 0.6 is 24.8 Å². The predicted molar refractivity (Wildman–Crippen MR) is 98.3 cm³/mol. The lowest BCUT2D eigenvalue weighted by Crippen LogP contribution is -2.39. The first-order valence-electron chi connectivity index (χ1n) is 8.23. The van der Waals surface area contributed by atoms with Gasteiger partial charge in [0.1, 0.15) is 5.76 Å². The molecule has 0 aromatic carbocycles. The SMILES string of the molecule is Cc1oc(-c2ccco2)nc1CC(=O)N1CCC2CCC(C1)N2.Cl.Cl. The number of oxazole rings is 1. The zero-order chi connectivity index (χ0) is 15.8. The molecule has 25 heavy (non-hydrogen) atoms. The Kier molecular flexibility index (Phi) is 6.54. The summed E-state index contributed by atoms with van der Waals surface area (Å²) in [4.78, 5) is 19.0. The maximum absolute atomic E-state index is 12.6. The van der Waals surface area contributed by atoms with Crippen LogP contribution in [-0.4, -0.2) is 41.0 Å². The number of hydrogen-bond acceptors (Lipinski definition) is 5. The highest BCUT2D eigenvalue weighted by Crippen LogP contribution is 2.24. The fourth-order valence-corrected chi connectivity index (χ4v) is 3.52. The summed E-state index contributed by atoms with van der Waals surface area (Å²) in [6.07, 6.45) is 5.31. The van der Waals surface area contributed by atoms with Crippen LogP contribution in [-0.2, 0) is 11.2 Å². The van der Waals surface area contributed by atoms with E-state index in [1.807, 2.05) is 11.8 Å². The lowest BCUT2D eigenvalue weighted by Gasteiger charge is -2.24. The minimum absolute atomic E-state index is 0. The van der Waals surface area contributed by atoms with E-state index in [0.29, 0.717) is 35.2 Å². The molecule has 0 radical (unpaired) electrons. The third-order valence-corrected chi connectivity index (χ3v) is 4.82. The number of rotatable bonds is 3. The number of nitrogens with one attached hydrogen (secondary N) is 1. The summed E-state index contributed by atoms with van der Waals surface area (Å²) in [7, 11) is 0. The van der Waals surface area contributed by atoms with Crippen molar-refractivity contribution in [2.75, 3.05) is 13.1 Å². The van der Waals surface area contributed by atoms with E-state index in [2.05, 4.69) is 10.3 Å². The number of hydrogen-bond donors (Lipinski definition) is 1. The fraction of sp³-hybridized carbons (Fsp3) is 0.529. The van der Waals surface area contributed by atoms with Crippen molar-refractivity contribution in [1.82, 2.24) is 15.2 Å². The molecule has 2 aromatic heterocycles. The lowest BCUT2D eigenvalue weighted by atomic mass is 10.1. The van der Waals surface area contributed by atoms with Gasteiger partial charge in [-0.3, -0.25) is 4.79 Å². The standard InChI is InChI=1S/C17H21N3O3.2ClH/c1-11-14(19-17(23-11)15-3-2-8-22-15)9-16(21)20-7-6-12-4-5-13(10-20)18-12;;/h2-3,8,12-13,18H,4-7,9-10H2,1H3;2*1H. The van der Waals surface area contributed by atoms with Gasteiger partial charge in [0.2, 0.25) is 5.91 Å². The van der Waals surface area contributed by atoms with Gasteiger partial charge in [0.25, 0.3) is 5.89 Å². The summed E-state index contributed by atoms with van der Waals surface area (Å²) in [5.41, 5.74) is 0.698. The average molecular weight is 388 g/mol. The van der Waals surface area contributed by atoms with Gasteiger partial charge in [-0.25, -0.2) is 4.98 Å². The molecule has 2 bridgehead atoms. The molecule has 2 aliphatic heterocycles. The van der Waals surface area contributed by atoms with Crippen molar-refractivity contribution in [3.05, 3.63) is 29.9 Å². The third-order valence-electron chi connectivity index (χ3n) is 4.82. The van der Waals surface area contributed by atoms with E-state index in [1.54, 1.807) is 18.4 Å². The average Bonchev–Trinajstić information content (AvgIpc) is 3.21. The van der Waals surface area contributed by atoms with E-state index in [0.717, 1.165) is 19.5 Å². The van der Waals surface area contributed by atoms with Crippen molar-refractivity contribution in [3.63, 3.8) is 0 Å². The Hall–Kier alpha value is -1.50. The number of carbonyl (C=O) groups excluding carboxylic acids is 1. The molecule has 4 rings (SSSR count). The van der Waals surface area contributed by atoms with E-state index in [1.165, 1.54) is 12.8 Å². The first-order valence-corrected chi connectivity index (χ1v) is 8.23. The summed E-state index contributed by atoms with van der Waals surface area (Å²) < 4.78 is 10.9. The second-order valence-corrected chi connectivity index (χ2v) is 6.44. The molecule has 2 fully saturated rings. The van der Waals surface area contributed by atoms with Crippen molar-refractivity contribution >= 4 is 30.7 Å². The number of furan rings is 1. The number of carbonyl (C=O) groups is 1. The Balaban J connectivity index is 0.00000113. The van der Waals surface area contributed by atoms with Gasteiger partial charge in [-0.15, -0.1) is 24.8 Å². The first kappa shape index (κ1) is 19.8. The van der Waals surface area contributed by atoms with Crippen LogP contribution in [0.15, 0.2) is 27.2 Å². The number of nitrogens with zero attached hydrogens (tertiary/aromatic N) is 2. The summed E-state index contributed by atoms with van der Waals surface area (Å²) >= 11 is 0. The van der Waals surface area contributed by atoms with Crippen molar-refractivity contribution in [2.24, 2.45) is 0 Å². The zero-order valence-electron chi connectivity index (χ0n) is 14.1. The van der Waals surface area contributed by atoms with E-state index < -0.39 is 0 Å². The van der Waals surface area contributed by atoms with Crippen LogP contribution < -0.4 is 5.32 Å². The summed E-state index contributed by atoms with van der Waals surface area (Å²) in [6, 6.07) is 4.62. The minimum Gasteiger partial charge on any atom is -0.459 e. The van der Waals surface area contributed by atoms with Crippen LogP contribution in [0.25, 0.3) is 11.7 Å². The van der Waals surface area contributed by atoms with E-state index in [9.17, 15) is 4.79 Å². The maximum Gasteiger partial charge on any atom is 0.263 e. The largest absolute Gasteiger partial charge is 0.459 e. The summed E-state index contributed by atoms with van der Waals surface area (Å²) in [6.45, 7) is 3.47. The van der Waals surface area contributed by atoms with Crippen LogP contribution in [0, 0.1) is 6.92 Å². The van der Waals surface area contributed by atoms with Gasteiger partial charge in [0.15, 0.2) is 5.76 Å². The predicted octanol–water partition coefficient (Wildman–Crippen LogP) is 2.98. The summed E-state index contributed by atoms with van der Waals surface area (Å²) in [5, 5.41) is 3.60. The third kappa shape index (κ3) is 4.19. The normalized spacial score (nSPS) is 22.0. The highest BCUT2D eigenvalue weighted by molar-refractivity contribution is 5.85. The zero-order valence-corrected chi connectivity index (χ0v) is 15.7. The number of fused-ring (bicyclic) bond motifs is 2. The Bertz CT molecular complexity index is 702. The van der Waals surface area contributed by atoms with Crippen LogP contribution in [0.3, 0.4) is 0 Å². The molecule has 2 saturated heterocycles. The Morgan fingerprint density at radius 2 is 2.12 bits per heavy atom. The molecule has 0 saturated carbocycles. The Labute approximate surface area is 159 Å². The molecule has 2 aromatic rings. The van der Waals surface area contributed by atoms with Gasteiger partial charge in [0, 0.05) is 25.2 Å². The second kappa shape index (κ2) is 8.25. The fourth-order valence-electron chi connectivity index (χ4n) is 3.52. The smallest absolute Gasteiger partial charge is 0.263 e. The lowest BCUT2D eigenvalue weighted by molar-refractivity contribution is -0.130. The maximum atomic E-state index is 12.6. The van der Waals surface area contributed by atoms with Crippen LogP contribution in [0.2, 0.25) is 0 Å². The van der Waals surface area contributed by atoms with Gasteiger partial charge < -0.3 is 19.1 Å². The minimum atomic E-state index is 0. The molecule has 4 heterocycles. The highest BCUT2D eigenvalue weighted by Gasteiger charge is 2.31. The molecule has 6 nitrogen and oxygen atoms in total. The van der Waals surface area contributed by atoms with Gasteiger partial charge in [-0.05, 0) is 38.3 Å². The molecule has 1 N–H and O–H groups in total. The molecule has 8 heteroatoms. The summed E-state index contributed by atoms with van der Waals surface area (Å²) in [5.74, 6) is 1.83. The number of aromatic nitrogens is 1. The van der Waals surface area contributed by atoms with Crippen LogP contribution in [0.1, 0.15) is 30.7 Å².